The highest BCUT2D eigenvalue weighted by Gasteiger charge is 2.47. The Hall–Kier alpha value is -1.78. The number of pyridine rings is 1. The van der Waals surface area contributed by atoms with Crippen molar-refractivity contribution in [1.29, 1.82) is 0 Å². The van der Waals surface area contributed by atoms with Crippen LogP contribution in [0.1, 0.15) is 26.7 Å². The molecule has 1 N–H and O–H groups in total. The van der Waals surface area contributed by atoms with Crippen molar-refractivity contribution in [2.75, 3.05) is 31.1 Å². The smallest absolute Gasteiger partial charge is 0.317 e. The maximum atomic E-state index is 12.4. The Morgan fingerprint density at radius 3 is 2.33 bits per heavy atom. The monoisotopic (exact) mass is 288 g/mol. The van der Waals surface area contributed by atoms with Crippen LogP contribution in [0.25, 0.3) is 0 Å². The number of hydrogen-bond acceptors (Lipinski definition) is 3. The number of carbonyl (C=O) groups is 1. The topological polar surface area (TPSA) is 48.5 Å². The van der Waals surface area contributed by atoms with Gasteiger partial charge in [0.2, 0.25) is 0 Å². The summed E-state index contributed by atoms with van der Waals surface area (Å²) in [6, 6.07) is 4.15. The molecule has 1 aromatic heterocycles. The Bertz CT molecular complexity index is 490. The Morgan fingerprint density at radius 1 is 1.19 bits per heavy atom. The molecule has 1 saturated heterocycles. The Balaban J connectivity index is 1.53. The van der Waals surface area contributed by atoms with E-state index in [4.69, 9.17) is 0 Å². The fraction of sp³-hybridized carbons (Fsp3) is 0.625. The largest absolute Gasteiger partial charge is 0.368 e. The summed E-state index contributed by atoms with van der Waals surface area (Å²) in [4.78, 5) is 20.7. The van der Waals surface area contributed by atoms with Gasteiger partial charge in [-0.05, 0) is 30.9 Å². The summed E-state index contributed by atoms with van der Waals surface area (Å²) in [5.74, 6) is 0.513. The predicted molar refractivity (Wildman–Crippen MR) is 83.4 cm³/mol. The van der Waals surface area contributed by atoms with E-state index in [9.17, 15) is 4.79 Å². The van der Waals surface area contributed by atoms with E-state index in [0.717, 1.165) is 39.0 Å². The van der Waals surface area contributed by atoms with E-state index in [-0.39, 0.29) is 11.6 Å². The standard InChI is InChI=1S/C16H24N4O/c1-13(2)16(5-6-16)18-15(21)20-11-9-19(10-12-20)14-3-7-17-8-4-14/h3-4,7-8,13H,5-6,9-12H2,1-2H3,(H,18,21). The van der Waals surface area contributed by atoms with Gasteiger partial charge in [-0.3, -0.25) is 4.98 Å². The molecule has 1 aliphatic carbocycles. The van der Waals surface area contributed by atoms with Crippen LogP contribution < -0.4 is 10.2 Å². The SMILES string of the molecule is CC(C)C1(NC(=O)N2CCN(c3ccncc3)CC2)CC1. The first-order chi connectivity index (χ1) is 10.1. The van der Waals surface area contributed by atoms with Crippen molar-refractivity contribution < 1.29 is 4.79 Å². The lowest BCUT2D eigenvalue weighted by Gasteiger charge is -2.37. The van der Waals surface area contributed by atoms with E-state index >= 15 is 0 Å². The number of rotatable bonds is 3. The first-order valence-electron chi connectivity index (χ1n) is 7.83. The quantitative estimate of drug-likeness (QED) is 0.926. The van der Waals surface area contributed by atoms with Gasteiger partial charge in [-0.1, -0.05) is 13.8 Å². The number of urea groups is 1. The Kier molecular flexibility index (Phi) is 3.74. The van der Waals surface area contributed by atoms with Crippen LogP contribution in [0.15, 0.2) is 24.5 Å². The summed E-state index contributed by atoms with van der Waals surface area (Å²) in [5, 5.41) is 3.25. The zero-order valence-corrected chi connectivity index (χ0v) is 12.9. The molecule has 5 heteroatoms. The number of anilines is 1. The summed E-state index contributed by atoms with van der Waals surface area (Å²) in [6.45, 7) is 7.70. The third-order valence-corrected chi connectivity index (χ3v) is 4.84. The van der Waals surface area contributed by atoms with Crippen molar-refractivity contribution in [3.63, 3.8) is 0 Å². The minimum absolute atomic E-state index is 0.0688. The molecule has 0 radical (unpaired) electrons. The molecule has 0 bridgehead atoms. The average molecular weight is 288 g/mol. The Morgan fingerprint density at radius 2 is 1.81 bits per heavy atom. The second kappa shape index (κ2) is 5.54. The maximum absolute atomic E-state index is 12.4. The lowest BCUT2D eigenvalue weighted by atomic mass is 10.0. The van der Waals surface area contributed by atoms with Gasteiger partial charge in [-0.25, -0.2) is 4.79 Å². The maximum Gasteiger partial charge on any atom is 0.317 e. The van der Waals surface area contributed by atoms with E-state index in [2.05, 4.69) is 29.0 Å². The molecule has 1 saturated carbocycles. The van der Waals surface area contributed by atoms with Crippen molar-refractivity contribution in [3.8, 4) is 0 Å². The minimum Gasteiger partial charge on any atom is -0.368 e. The van der Waals surface area contributed by atoms with Crippen LogP contribution in [0.3, 0.4) is 0 Å². The zero-order valence-electron chi connectivity index (χ0n) is 12.9. The number of nitrogens with one attached hydrogen (secondary N) is 1. The molecule has 2 aliphatic rings. The summed E-state index contributed by atoms with van der Waals surface area (Å²) in [6.07, 6.45) is 5.86. The molecule has 2 fully saturated rings. The summed E-state index contributed by atoms with van der Waals surface area (Å²) in [5.41, 5.74) is 1.25. The molecule has 0 aromatic carbocycles. The van der Waals surface area contributed by atoms with Gasteiger partial charge >= 0.3 is 6.03 Å². The molecule has 21 heavy (non-hydrogen) atoms. The molecule has 5 nitrogen and oxygen atoms in total. The number of amides is 2. The first-order valence-corrected chi connectivity index (χ1v) is 7.83. The van der Waals surface area contributed by atoms with Crippen LogP contribution in [0.2, 0.25) is 0 Å². The van der Waals surface area contributed by atoms with Gasteiger partial charge in [0.05, 0.1) is 0 Å². The summed E-state index contributed by atoms with van der Waals surface area (Å²) in [7, 11) is 0. The van der Waals surface area contributed by atoms with Crippen LogP contribution in [0.4, 0.5) is 10.5 Å². The van der Waals surface area contributed by atoms with Crippen LogP contribution in [0.5, 0.6) is 0 Å². The molecule has 2 heterocycles. The van der Waals surface area contributed by atoms with E-state index < -0.39 is 0 Å². The molecule has 0 atom stereocenters. The van der Waals surface area contributed by atoms with Crippen LogP contribution in [-0.4, -0.2) is 47.6 Å². The Labute approximate surface area is 126 Å². The summed E-state index contributed by atoms with van der Waals surface area (Å²) >= 11 is 0. The zero-order chi connectivity index (χ0) is 14.9. The number of carbonyl (C=O) groups excluding carboxylic acids is 1. The molecular weight excluding hydrogens is 264 g/mol. The van der Waals surface area contributed by atoms with Crippen molar-refractivity contribution in [3.05, 3.63) is 24.5 Å². The first kappa shape index (κ1) is 14.2. The number of hydrogen-bond donors (Lipinski definition) is 1. The second-order valence-electron chi connectivity index (χ2n) is 6.42. The van der Waals surface area contributed by atoms with Crippen molar-refractivity contribution in [1.82, 2.24) is 15.2 Å². The van der Waals surface area contributed by atoms with Gasteiger partial charge in [-0.2, -0.15) is 0 Å². The fourth-order valence-electron chi connectivity index (χ4n) is 3.00. The van der Waals surface area contributed by atoms with Crippen LogP contribution >= 0.6 is 0 Å². The molecule has 114 valence electrons. The van der Waals surface area contributed by atoms with E-state index in [1.54, 1.807) is 0 Å². The van der Waals surface area contributed by atoms with E-state index in [0.29, 0.717) is 5.92 Å². The highest BCUT2D eigenvalue weighted by molar-refractivity contribution is 5.76. The molecular formula is C16H24N4O. The van der Waals surface area contributed by atoms with E-state index in [1.807, 2.05) is 29.4 Å². The fourth-order valence-corrected chi connectivity index (χ4v) is 3.00. The second-order valence-corrected chi connectivity index (χ2v) is 6.42. The molecule has 0 unspecified atom stereocenters. The normalized spacial score (nSPS) is 20.5. The highest BCUT2D eigenvalue weighted by Crippen LogP contribution is 2.42. The number of nitrogens with zero attached hydrogens (tertiary/aromatic N) is 3. The lowest BCUT2D eigenvalue weighted by molar-refractivity contribution is 0.184. The van der Waals surface area contributed by atoms with Crippen molar-refractivity contribution >= 4 is 11.7 Å². The number of aromatic nitrogens is 1. The molecule has 1 aliphatic heterocycles. The van der Waals surface area contributed by atoms with Crippen LogP contribution in [-0.2, 0) is 0 Å². The van der Waals surface area contributed by atoms with Gasteiger partial charge < -0.3 is 15.1 Å². The van der Waals surface area contributed by atoms with Gasteiger partial charge in [0.15, 0.2) is 0 Å². The predicted octanol–water partition coefficient (Wildman–Crippen LogP) is 2.10. The third-order valence-electron chi connectivity index (χ3n) is 4.84. The summed E-state index contributed by atoms with van der Waals surface area (Å²) < 4.78 is 0. The van der Waals surface area contributed by atoms with E-state index in [1.165, 1.54) is 5.69 Å². The third kappa shape index (κ3) is 2.96. The molecule has 2 amide bonds. The van der Waals surface area contributed by atoms with Gasteiger partial charge in [0.25, 0.3) is 0 Å². The van der Waals surface area contributed by atoms with Gasteiger partial charge in [0.1, 0.15) is 0 Å². The average Bonchev–Trinajstić information content (AvgIpc) is 3.29. The highest BCUT2D eigenvalue weighted by atomic mass is 16.2. The molecule has 1 aromatic rings. The van der Waals surface area contributed by atoms with Gasteiger partial charge in [-0.15, -0.1) is 0 Å². The number of piperazine rings is 1. The van der Waals surface area contributed by atoms with Crippen molar-refractivity contribution in [2.24, 2.45) is 5.92 Å². The van der Waals surface area contributed by atoms with Gasteiger partial charge in [0, 0.05) is 49.8 Å². The minimum atomic E-state index is 0.0688. The molecule has 0 spiro atoms. The lowest BCUT2D eigenvalue weighted by Crippen LogP contribution is -2.55. The van der Waals surface area contributed by atoms with Crippen LogP contribution in [0, 0.1) is 5.92 Å². The van der Waals surface area contributed by atoms with Crippen molar-refractivity contribution in [2.45, 2.75) is 32.2 Å². The molecule has 3 rings (SSSR count).